The maximum atomic E-state index is 12.0. The van der Waals surface area contributed by atoms with Crippen LogP contribution in [-0.4, -0.2) is 14.5 Å². The first-order valence-corrected chi connectivity index (χ1v) is 6.51. The lowest BCUT2D eigenvalue weighted by Crippen LogP contribution is -2.22. The van der Waals surface area contributed by atoms with Crippen molar-refractivity contribution in [3.63, 3.8) is 0 Å². The van der Waals surface area contributed by atoms with Crippen molar-refractivity contribution in [3.05, 3.63) is 51.0 Å². The average Bonchev–Trinajstić information content (AvgIpc) is 2.82. The highest BCUT2D eigenvalue weighted by atomic mass is 35.5. The zero-order valence-electron chi connectivity index (χ0n) is 9.42. The fourth-order valence-electron chi connectivity index (χ4n) is 1.86. The van der Waals surface area contributed by atoms with Gasteiger partial charge in [0.05, 0.1) is 11.2 Å². The second-order valence-corrected chi connectivity index (χ2v) is 5.10. The number of aryl methyl sites for hydroxylation is 1. The van der Waals surface area contributed by atoms with Gasteiger partial charge < -0.3 is 0 Å². The van der Waals surface area contributed by atoms with E-state index in [2.05, 4.69) is 9.97 Å². The van der Waals surface area contributed by atoms with E-state index in [9.17, 15) is 4.79 Å². The number of thiazole rings is 1. The Morgan fingerprint density at radius 1 is 1.39 bits per heavy atom. The van der Waals surface area contributed by atoms with E-state index < -0.39 is 0 Å². The quantitative estimate of drug-likeness (QED) is 0.687. The Morgan fingerprint density at radius 2 is 2.22 bits per heavy atom. The van der Waals surface area contributed by atoms with E-state index in [4.69, 9.17) is 11.6 Å². The lowest BCUT2D eigenvalue weighted by atomic mass is 10.2. The van der Waals surface area contributed by atoms with E-state index >= 15 is 0 Å². The Morgan fingerprint density at radius 3 is 2.94 bits per heavy atom. The van der Waals surface area contributed by atoms with Crippen molar-refractivity contribution in [1.82, 2.24) is 14.5 Å². The molecule has 0 aliphatic heterocycles. The van der Waals surface area contributed by atoms with Crippen molar-refractivity contribution >= 4 is 33.8 Å². The van der Waals surface area contributed by atoms with Gasteiger partial charge in [0.2, 0.25) is 0 Å². The highest BCUT2D eigenvalue weighted by Crippen LogP contribution is 2.22. The zero-order chi connectivity index (χ0) is 12.7. The summed E-state index contributed by atoms with van der Waals surface area (Å²) in [5.74, 6) is 0. The van der Waals surface area contributed by atoms with Gasteiger partial charge in [0.25, 0.3) is 0 Å². The van der Waals surface area contributed by atoms with E-state index in [1.54, 1.807) is 18.3 Å². The van der Waals surface area contributed by atoms with Crippen LogP contribution in [0.25, 0.3) is 16.0 Å². The number of hydrogen-bond acceptors (Lipinski definition) is 4. The minimum Gasteiger partial charge on any atom is -0.245 e. The summed E-state index contributed by atoms with van der Waals surface area (Å²) in [7, 11) is 0. The van der Waals surface area contributed by atoms with Gasteiger partial charge in [-0.05, 0) is 25.1 Å². The Bertz CT molecular complexity index is 780. The third-order valence-electron chi connectivity index (χ3n) is 2.66. The molecule has 2 heterocycles. The molecule has 3 rings (SSSR count). The van der Waals surface area contributed by atoms with Crippen LogP contribution < -0.4 is 5.69 Å². The van der Waals surface area contributed by atoms with E-state index in [1.165, 1.54) is 15.9 Å². The molecule has 6 heteroatoms. The average molecular weight is 278 g/mol. The minimum absolute atomic E-state index is 0.336. The van der Waals surface area contributed by atoms with Gasteiger partial charge in [-0.1, -0.05) is 11.6 Å². The molecule has 0 aliphatic rings. The molecule has 0 atom stereocenters. The number of halogens is 1. The van der Waals surface area contributed by atoms with Gasteiger partial charge >= 0.3 is 5.69 Å². The van der Waals surface area contributed by atoms with E-state index in [-0.39, 0.29) is 5.69 Å². The first-order chi connectivity index (χ1) is 8.66. The molecule has 0 fully saturated rings. The van der Waals surface area contributed by atoms with Crippen molar-refractivity contribution in [2.24, 2.45) is 0 Å². The second-order valence-electron chi connectivity index (χ2n) is 3.79. The molecule has 0 bridgehead atoms. The summed E-state index contributed by atoms with van der Waals surface area (Å²) in [6.45, 7) is 1.81. The SMILES string of the molecule is Cc1nc(=O)n(-c2nccs2)c2cc(Cl)ccc12. The number of rotatable bonds is 1. The van der Waals surface area contributed by atoms with Gasteiger partial charge in [0.15, 0.2) is 5.13 Å². The molecule has 0 saturated carbocycles. The monoisotopic (exact) mass is 277 g/mol. The van der Waals surface area contributed by atoms with Crippen LogP contribution in [0.5, 0.6) is 0 Å². The van der Waals surface area contributed by atoms with Crippen LogP contribution in [0.15, 0.2) is 34.6 Å². The molecule has 0 saturated heterocycles. The van der Waals surface area contributed by atoms with Crippen molar-refractivity contribution in [2.75, 3.05) is 0 Å². The molecular formula is C12H8ClN3OS. The van der Waals surface area contributed by atoms with Crippen molar-refractivity contribution < 1.29 is 0 Å². The lowest BCUT2D eigenvalue weighted by molar-refractivity contribution is 0.929. The van der Waals surface area contributed by atoms with Gasteiger partial charge in [-0.25, -0.2) is 14.3 Å². The highest BCUT2D eigenvalue weighted by molar-refractivity contribution is 7.12. The van der Waals surface area contributed by atoms with Crippen molar-refractivity contribution in [2.45, 2.75) is 6.92 Å². The fraction of sp³-hybridized carbons (Fsp3) is 0.0833. The standard InChI is InChI=1S/C12H8ClN3OS/c1-7-9-3-2-8(13)6-10(9)16(11(17)15-7)12-14-4-5-18-12/h2-6H,1H3. The Labute approximate surface area is 112 Å². The van der Waals surface area contributed by atoms with Gasteiger partial charge in [-0.3, -0.25) is 0 Å². The van der Waals surface area contributed by atoms with E-state index in [0.29, 0.717) is 15.8 Å². The van der Waals surface area contributed by atoms with Gasteiger partial charge in [0, 0.05) is 22.0 Å². The molecule has 1 aromatic carbocycles. The van der Waals surface area contributed by atoms with E-state index in [1.807, 2.05) is 18.4 Å². The highest BCUT2D eigenvalue weighted by Gasteiger charge is 2.11. The molecule has 0 radical (unpaired) electrons. The molecule has 0 aliphatic carbocycles. The number of hydrogen-bond donors (Lipinski definition) is 0. The summed E-state index contributed by atoms with van der Waals surface area (Å²) in [6, 6.07) is 5.41. The maximum absolute atomic E-state index is 12.0. The molecule has 0 N–H and O–H groups in total. The third-order valence-corrected chi connectivity index (χ3v) is 3.65. The summed E-state index contributed by atoms with van der Waals surface area (Å²) >= 11 is 7.39. The first kappa shape index (κ1) is 11.4. The summed E-state index contributed by atoms with van der Waals surface area (Å²) in [4.78, 5) is 20.2. The Kier molecular flexibility index (Phi) is 2.65. The summed E-state index contributed by atoms with van der Waals surface area (Å²) in [5.41, 5.74) is 1.09. The summed E-state index contributed by atoms with van der Waals surface area (Å²) in [6.07, 6.45) is 1.66. The first-order valence-electron chi connectivity index (χ1n) is 5.25. The van der Waals surface area contributed by atoms with Crippen molar-refractivity contribution in [1.29, 1.82) is 0 Å². The normalized spacial score (nSPS) is 11.0. The second kappa shape index (κ2) is 4.19. The number of nitrogens with zero attached hydrogens (tertiary/aromatic N) is 3. The predicted molar refractivity (Wildman–Crippen MR) is 72.8 cm³/mol. The zero-order valence-corrected chi connectivity index (χ0v) is 11.0. The maximum Gasteiger partial charge on any atom is 0.354 e. The molecule has 0 amide bonds. The van der Waals surface area contributed by atoms with Crippen molar-refractivity contribution in [3.8, 4) is 5.13 Å². The Hall–Kier alpha value is -1.72. The molecule has 90 valence electrons. The minimum atomic E-state index is -0.336. The topological polar surface area (TPSA) is 47.8 Å². The molecule has 3 aromatic rings. The van der Waals surface area contributed by atoms with Crippen LogP contribution in [0.3, 0.4) is 0 Å². The van der Waals surface area contributed by atoms with E-state index in [0.717, 1.165) is 10.9 Å². The molecule has 2 aromatic heterocycles. The van der Waals surface area contributed by atoms with Crippen LogP contribution in [0.4, 0.5) is 0 Å². The van der Waals surface area contributed by atoms with Gasteiger partial charge in [0.1, 0.15) is 0 Å². The molecule has 4 nitrogen and oxygen atoms in total. The predicted octanol–water partition coefficient (Wildman–Crippen LogP) is 2.80. The Balaban J connectivity index is 2.51. The van der Waals surface area contributed by atoms with Crippen LogP contribution in [0.1, 0.15) is 5.69 Å². The van der Waals surface area contributed by atoms with Crippen LogP contribution in [0.2, 0.25) is 5.02 Å². The number of benzene rings is 1. The lowest BCUT2D eigenvalue weighted by Gasteiger charge is -2.08. The number of fused-ring (bicyclic) bond motifs is 1. The molecule has 0 spiro atoms. The molecule has 0 unspecified atom stereocenters. The van der Waals surface area contributed by atoms with Gasteiger partial charge in [-0.15, -0.1) is 11.3 Å². The summed E-state index contributed by atoms with van der Waals surface area (Å²) < 4.78 is 1.48. The molecular weight excluding hydrogens is 270 g/mol. The third kappa shape index (κ3) is 1.72. The van der Waals surface area contributed by atoms with Gasteiger partial charge in [-0.2, -0.15) is 4.98 Å². The fourth-order valence-corrected chi connectivity index (χ4v) is 2.68. The number of aromatic nitrogens is 3. The van der Waals surface area contributed by atoms with Crippen LogP contribution >= 0.6 is 22.9 Å². The smallest absolute Gasteiger partial charge is 0.245 e. The largest absolute Gasteiger partial charge is 0.354 e. The van der Waals surface area contributed by atoms with Crippen LogP contribution in [0, 0.1) is 6.92 Å². The summed E-state index contributed by atoms with van der Waals surface area (Å²) in [5, 5.41) is 3.89. The van der Waals surface area contributed by atoms with Crippen LogP contribution in [-0.2, 0) is 0 Å². The molecule has 18 heavy (non-hydrogen) atoms.